The Morgan fingerprint density at radius 1 is 1.06 bits per heavy atom. The van der Waals surface area contributed by atoms with Crippen molar-refractivity contribution in [1.82, 2.24) is 0 Å². The van der Waals surface area contributed by atoms with E-state index in [1.54, 1.807) is 24.3 Å². The van der Waals surface area contributed by atoms with Crippen molar-refractivity contribution in [3.63, 3.8) is 0 Å². The molecule has 0 spiro atoms. The highest BCUT2D eigenvalue weighted by Crippen LogP contribution is 2.36. The predicted molar refractivity (Wildman–Crippen MR) is 133 cm³/mol. The number of hydrogen-bond donors (Lipinski definition) is 1. The molecular weight excluding hydrogens is 524 g/mol. The third-order valence-corrected chi connectivity index (χ3v) is 5.60. The molecule has 0 bridgehead atoms. The van der Waals surface area contributed by atoms with E-state index in [1.807, 2.05) is 6.07 Å². The molecule has 0 aliphatic carbocycles. The van der Waals surface area contributed by atoms with Crippen molar-refractivity contribution in [2.24, 2.45) is 0 Å². The van der Waals surface area contributed by atoms with Crippen LogP contribution in [0.3, 0.4) is 0 Å². The van der Waals surface area contributed by atoms with Gasteiger partial charge in [0.25, 0.3) is 11.6 Å². The van der Waals surface area contributed by atoms with E-state index in [4.69, 9.17) is 51.1 Å². The van der Waals surface area contributed by atoms with E-state index in [1.165, 1.54) is 30.3 Å². The van der Waals surface area contributed by atoms with Crippen LogP contribution in [0.15, 0.2) is 60.2 Å². The van der Waals surface area contributed by atoms with Crippen LogP contribution < -0.4 is 10.1 Å². The monoisotopic (exact) mass is 535 g/mol. The number of halogens is 4. The Hall–Kier alpha value is -3.28. The highest BCUT2D eigenvalue weighted by Gasteiger charge is 2.19. The lowest BCUT2D eigenvalue weighted by Gasteiger charge is -2.12. The third-order valence-electron chi connectivity index (χ3n) is 4.43. The Bertz CT molecular complexity index is 1330. The number of rotatable bonds is 7. The summed E-state index contributed by atoms with van der Waals surface area (Å²) < 4.78 is 5.70. The fraction of sp³-hybridized carbons (Fsp3) is 0.0435. The first-order chi connectivity index (χ1) is 16.2. The number of amides is 1. The van der Waals surface area contributed by atoms with Gasteiger partial charge in [0, 0.05) is 21.7 Å². The van der Waals surface area contributed by atoms with Gasteiger partial charge in [-0.05, 0) is 42.0 Å². The van der Waals surface area contributed by atoms with Crippen LogP contribution in [0.1, 0.15) is 11.1 Å². The molecule has 0 unspecified atom stereocenters. The number of nitrogens with one attached hydrogen (secondary N) is 1. The highest BCUT2D eigenvalue weighted by molar-refractivity contribution is 6.37. The average Bonchev–Trinajstić information content (AvgIpc) is 2.79. The largest absolute Gasteiger partial charge is 0.486 e. The van der Waals surface area contributed by atoms with Crippen molar-refractivity contribution in [2.45, 2.75) is 6.61 Å². The van der Waals surface area contributed by atoms with Crippen LogP contribution in [0.4, 0.5) is 11.4 Å². The highest BCUT2D eigenvalue weighted by atomic mass is 35.5. The van der Waals surface area contributed by atoms with Gasteiger partial charge in [-0.1, -0.05) is 64.6 Å². The van der Waals surface area contributed by atoms with Gasteiger partial charge in [0.1, 0.15) is 23.9 Å². The SMILES string of the molecule is N#C/C(=C\c1cc(Cl)c(OCc2ccccc2Cl)c(Cl)c1)C(=O)Nc1ccc(Cl)cc1[N+](=O)[O-]. The summed E-state index contributed by atoms with van der Waals surface area (Å²) in [4.78, 5) is 23.1. The van der Waals surface area contributed by atoms with E-state index in [-0.39, 0.29) is 38.7 Å². The number of nitro benzene ring substituents is 1. The number of nitrogens with zero attached hydrogens (tertiary/aromatic N) is 2. The van der Waals surface area contributed by atoms with Crippen molar-refractivity contribution in [3.05, 3.63) is 102 Å². The van der Waals surface area contributed by atoms with Crippen molar-refractivity contribution < 1.29 is 14.5 Å². The molecule has 34 heavy (non-hydrogen) atoms. The zero-order chi connectivity index (χ0) is 24.8. The summed E-state index contributed by atoms with van der Waals surface area (Å²) >= 11 is 24.5. The van der Waals surface area contributed by atoms with Gasteiger partial charge in [0.2, 0.25) is 0 Å². The first kappa shape index (κ1) is 25.3. The van der Waals surface area contributed by atoms with Crippen molar-refractivity contribution in [3.8, 4) is 11.8 Å². The van der Waals surface area contributed by atoms with Gasteiger partial charge in [-0.3, -0.25) is 14.9 Å². The quantitative estimate of drug-likeness (QED) is 0.147. The van der Waals surface area contributed by atoms with Crippen LogP contribution in [-0.4, -0.2) is 10.8 Å². The normalized spacial score (nSPS) is 11.0. The zero-order valence-electron chi connectivity index (χ0n) is 17.0. The van der Waals surface area contributed by atoms with Gasteiger partial charge in [-0.25, -0.2) is 0 Å². The smallest absolute Gasteiger partial charge is 0.294 e. The van der Waals surface area contributed by atoms with Crippen LogP contribution in [0.2, 0.25) is 20.1 Å². The molecule has 1 amide bonds. The maximum Gasteiger partial charge on any atom is 0.294 e. The lowest BCUT2D eigenvalue weighted by Crippen LogP contribution is -2.14. The Morgan fingerprint density at radius 2 is 1.74 bits per heavy atom. The number of ether oxygens (including phenoxy) is 1. The minimum Gasteiger partial charge on any atom is -0.486 e. The molecule has 0 fully saturated rings. The summed E-state index contributed by atoms with van der Waals surface area (Å²) in [5.74, 6) is -0.653. The second-order valence-corrected chi connectivity index (χ2v) is 8.39. The zero-order valence-corrected chi connectivity index (χ0v) is 20.0. The Kier molecular flexibility index (Phi) is 8.37. The van der Waals surface area contributed by atoms with Gasteiger partial charge in [0.15, 0.2) is 5.75 Å². The molecule has 7 nitrogen and oxygen atoms in total. The maximum absolute atomic E-state index is 12.6. The molecule has 0 aliphatic rings. The van der Waals surface area contributed by atoms with Crippen LogP contribution in [0.25, 0.3) is 6.08 Å². The van der Waals surface area contributed by atoms with Gasteiger partial charge in [-0.15, -0.1) is 0 Å². The van der Waals surface area contributed by atoms with Crippen LogP contribution >= 0.6 is 46.4 Å². The van der Waals surface area contributed by atoms with E-state index in [9.17, 15) is 20.2 Å². The number of nitro groups is 1. The number of anilines is 1. The summed E-state index contributed by atoms with van der Waals surface area (Å²) in [6.07, 6.45) is 1.24. The third kappa shape index (κ3) is 6.19. The van der Waals surface area contributed by atoms with E-state index >= 15 is 0 Å². The fourth-order valence-corrected chi connectivity index (χ4v) is 3.80. The maximum atomic E-state index is 12.6. The first-order valence-electron chi connectivity index (χ1n) is 9.42. The Balaban J connectivity index is 1.82. The molecular formula is C23H13Cl4N3O4. The van der Waals surface area contributed by atoms with Gasteiger partial charge < -0.3 is 10.1 Å². The second kappa shape index (κ2) is 11.2. The summed E-state index contributed by atoms with van der Waals surface area (Å²) in [5.41, 5.74) is 0.225. The molecule has 3 rings (SSSR count). The topological polar surface area (TPSA) is 105 Å². The average molecular weight is 537 g/mol. The molecule has 0 saturated carbocycles. The minimum absolute atomic E-state index is 0.111. The molecule has 0 aliphatic heterocycles. The van der Waals surface area contributed by atoms with E-state index in [2.05, 4.69) is 5.32 Å². The summed E-state index contributed by atoms with van der Waals surface area (Å²) in [6, 6.07) is 15.6. The molecule has 0 heterocycles. The van der Waals surface area contributed by atoms with Crippen LogP contribution in [0.5, 0.6) is 5.75 Å². The number of nitriles is 1. The lowest BCUT2D eigenvalue weighted by atomic mass is 10.1. The number of carbonyl (C=O) groups excluding carboxylic acids is 1. The van der Waals surface area contributed by atoms with E-state index in [0.29, 0.717) is 10.6 Å². The Labute approximate surface area is 214 Å². The molecule has 3 aromatic rings. The molecule has 1 N–H and O–H groups in total. The molecule has 3 aromatic carbocycles. The molecule has 0 aromatic heterocycles. The number of benzene rings is 3. The lowest BCUT2D eigenvalue weighted by molar-refractivity contribution is -0.383. The fourth-order valence-electron chi connectivity index (χ4n) is 2.83. The minimum atomic E-state index is -0.862. The molecule has 172 valence electrons. The van der Waals surface area contributed by atoms with E-state index < -0.39 is 16.5 Å². The van der Waals surface area contributed by atoms with E-state index in [0.717, 1.165) is 11.6 Å². The second-order valence-electron chi connectivity index (χ2n) is 6.74. The first-order valence-corrected chi connectivity index (χ1v) is 10.9. The van der Waals surface area contributed by atoms with Crippen molar-refractivity contribution in [2.75, 3.05) is 5.32 Å². The Morgan fingerprint density at radius 3 is 2.35 bits per heavy atom. The van der Waals surface area contributed by atoms with Crippen LogP contribution in [-0.2, 0) is 11.4 Å². The summed E-state index contributed by atoms with van der Waals surface area (Å²) in [6.45, 7) is 0.125. The number of carbonyl (C=O) groups is 1. The molecule has 0 saturated heterocycles. The van der Waals surface area contributed by atoms with Crippen molar-refractivity contribution >= 4 is 69.8 Å². The summed E-state index contributed by atoms with van der Waals surface area (Å²) in [5, 5.41) is 24.0. The standard InChI is InChI=1S/C23H13Cl4N3O4/c24-16-5-6-20(21(10-16)30(32)33)29-23(31)15(11-28)7-13-8-18(26)22(19(27)9-13)34-12-14-3-1-2-4-17(14)25/h1-10H,12H2,(H,29,31)/b15-7+. The van der Waals surface area contributed by atoms with Gasteiger partial charge >= 0.3 is 0 Å². The van der Waals surface area contributed by atoms with Gasteiger partial charge in [0.05, 0.1) is 15.0 Å². The predicted octanol–water partition coefficient (Wildman–Crippen LogP) is 7.33. The molecule has 0 radical (unpaired) electrons. The van der Waals surface area contributed by atoms with Gasteiger partial charge in [-0.2, -0.15) is 5.26 Å². The summed E-state index contributed by atoms with van der Waals surface area (Å²) in [7, 11) is 0. The molecule has 11 heteroatoms. The van der Waals surface area contributed by atoms with Crippen molar-refractivity contribution in [1.29, 1.82) is 5.26 Å². The number of hydrogen-bond acceptors (Lipinski definition) is 5. The molecule has 0 atom stereocenters. The van der Waals surface area contributed by atoms with Crippen LogP contribution in [0, 0.1) is 21.4 Å².